The summed E-state index contributed by atoms with van der Waals surface area (Å²) in [6, 6.07) is 0. The van der Waals surface area contributed by atoms with Gasteiger partial charge in [-0.1, -0.05) is 0 Å². The van der Waals surface area contributed by atoms with Gasteiger partial charge in [0.2, 0.25) is 0 Å². The number of hydrogen-bond acceptors (Lipinski definition) is 3. The second-order valence-corrected chi connectivity index (χ2v) is 2.48. The lowest BCUT2D eigenvalue weighted by molar-refractivity contribution is -0.107. The summed E-state index contributed by atoms with van der Waals surface area (Å²) in [6.07, 6.45) is 3.55. The first kappa shape index (κ1) is 7.47. The van der Waals surface area contributed by atoms with Crippen molar-refractivity contribution in [3.05, 3.63) is 16.8 Å². The molecule has 0 aliphatic rings. The van der Waals surface area contributed by atoms with Crippen molar-refractivity contribution in [2.24, 2.45) is 0 Å². The van der Waals surface area contributed by atoms with Crippen molar-refractivity contribution in [1.82, 2.24) is 4.98 Å². The molecule has 54 valence electrons. The first-order valence-corrected chi connectivity index (χ1v) is 3.66. The molecule has 0 fully saturated rings. The van der Waals surface area contributed by atoms with E-state index in [1.807, 2.05) is 0 Å². The molecule has 0 aliphatic heterocycles. The third-order valence-corrected chi connectivity index (χ3v) is 1.41. The topological polar surface area (TPSA) is 43.1 Å². The largest absolute Gasteiger partial charge is 0.439 e. The van der Waals surface area contributed by atoms with Gasteiger partial charge in [0.15, 0.2) is 0 Å². The molecule has 1 aromatic rings. The quantitative estimate of drug-likeness (QED) is 0.701. The molecule has 0 saturated heterocycles. The van der Waals surface area contributed by atoms with Crippen LogP contribution in [0.15, 0.2) is 15.5 Å². The summed E-state index contributed by atoms with van der Waals surface area (Å²) < 4.78 is 4.85. The van der Waals surface area contributed by atoms with Gasteiger partial charge in [0, 0.05) is 22.4 Å². The highest BCUT2D eigenvalue weighted by Gasteiger charge is 1.98. The monoisotopic (exact) mass is 203 g/mol. The highest BCUT2D eigenvalue weighted by atomic mass is 79.9. The average Bonchev–Trinajstić information content (AvgIpc) is 2.31. The number of nitrogens with zero attached hydrogens (tertiary/aromatic N) is 1. The van der Waals surface area contributed by atoms with E-state index in [1.54, 1.807) is 0 Å². The Kier molecular flexibility index (Phi) is 2.62. The van der Waals surface area contributed by atoms with Crippen LogP contribution in [0.4, 0.5) is 0 Å². The lowest BCUT2D eigenvalue weighted by Crippen LogP contribution is -1.84. The zero-order valence-electron chi connectivity index (χ0n) is 5.21. The molecule has 0 bridgehead atoms. The van der Waals surface area contributed by atoms with Crippen LogP contribution >= 0.6 is 15.9 Å². The highest BCUT2D eigenvalue weighted by molar-refractivity contribution is 9.10. The minimum atomic E-state index is 0.466. The zero-order valence-corrected chi connectivity index (χ0v) is 6.80. The van der Waals surface area contributed by atoms with Crippen LogP contribution in [-0.2, 0) is 11.2 Å². The molecule has 3 nitrogen and oxygen atoms in total. The Morgan fingerprint density at radius 2 is 2.60 bits per heavy atom. The van der Waals surface area contributed by atoms with E-state index in [4.69, 9.17) is 4.42 Å². The van der Waals surface area contributed by atoms with Crippen molar-refractivity contribution in [3.63, 3.8) is 0 Å². The number of carbonyl (C=O) groups is 1. The fraction of sp³-hybridized carbons (Fsp3) is 0.333. The Labute approximate surface area is 66.6 Å². The average molecular weight is 204 g/mol. The van der Waals surface area contributed by atoms with Crippen molar-refractivity contribution in [2.75, 3.05) is 0 Å². The van der Waals surface area contributed by atoms with Crippen molar-refractivity contribution in [3.8, 4) is 0 Å². The summed E-state index contributed by atoms with van der Waals surface area (Å²) in [5.74, 6) is 0. The molecule has 0 amide bonds. The zero-order chi connectivity index (χ0) is 7.40. The van der Waals surface area contributed by atoms with Crippen LogP contribution in [0.3, 0.4) is 0 Å². The van der Waals surface area contributed by atoms with E-state index in [9.17, 15) is 4.79 Å². The molecule has 1 heterocycles. The Morgan fingerprint density at radius 1 is 1.80 bits per heavy atom. The fourth-order valence-corrected chi connectivity index (χ4v) is 0.925. The lowest BCUT2D eigenvalue weighted by Gasteiger charge is -1.83. The molecule has 1 rings (SSSR count). The van der Waals surface area contributed by atoms with Crippen LogP contribution in [0.5, 0.6) is 0 Å². The van der Waals surface area contributed by atoms with E-state index in [2.05, 4.69) is 20.9 Å². The van der Waals surface area contributed by atoms with Gasteiger partial charge >= 0.3 is 0 Å². The maximum absolute atomic E-state index is 9.91. The van der Waals surface area contributed by atoms with Gasteiger partial charge in [-0.15, -0.1) is 0 Å². The molecule has 0 aromatic carbocycles. The summed E-state index contributed by atoms with van der Waals surface area (Å²) in [7, 11) is 0. The van der Waals surface area contributed by atoms with E-state index < -0.39 is 0 Å². The number of aryl methyl sites for hydroxylation is 1. The third kappa shape index (κ3) is 1.95. The van der Waals surface area contributed by atoms with Gasteiger partial charge in [0.05, 0.1) is 5.69 Å². The Balaban J connectivity index is 2.49. The molecule has 0 atom stereocenters. The van der Waals surface area contributed by atoms with Gasteiger partial charge in [-0.2, -0.15) is 0 Å². The standard InChI is InChI=1S/C6H6BrNO2/c7-6-8-5(4-10-6)2-1-3-9/h3-4H,1-2H2. The molecule has 1 aromatic heterocycles. The van der Waals surface area contributed by atoms with Crippen LogP contribution in [0, 0.1) is 0 Å². The number of aromatic nitrogens is 1. The van der Waals surface area contributed by atoms with Crippen molar-refractivity contribution < 1.29 is 9.21 Å². The molecule has 4 heteroatoms. The number of hydrogen-bond donors (Lipinski definition) is 0. The van der Waals surface area contributed by atoms with E-state index >= 15 is 0 Å². The predicted octanol–water partition coefficient (Wildman–Crippen LogP) is 1.57. The fourth-order valence-electron chi connectivity index (χ4n) is 0.604. The van der Waals surface area contributed by atoms with Gasteiger partial charge in [-0.3, -0.25) is 0 Å². The number of aldehydes is 1. The Hall–Kier alpha value is -0.640. The SMILES string of the molecule is O=CCCc1coc(Br)n1. The molecule has 0 radical (unpaired) electrons. The predicted molar refractivity (Wildman–Crippen MR) is 38.6 cm³/mol. The van der Waals surface area contributed by atoms with Crippen LogP contribution in [0.1, 0.15) is 12.1 Å². The molecule has 0 N–H and O–H groups in total. The molecule has 0 aliphatic carbocycles. The second kappa shape index (κ2) is 3.51. The minimum Gasteiger partial charge on any atom is -0.439 e. The molecule has 0 spiro atoms. The number of carbonyl (C=O) groups excluding carboxylic acids is 1. The maximum atomic E-state index is 9.91. The van der Waals surface area contributed by atoms with Gasteiger partial charge in [0.1, 0.15) is 12.5 Å². The number of halogens is 1. The molecular weight excluding hydrogens is 198 g/mol. The smallest absolute Gasteiger partial charge is 0.264 e. The number of oxazole rings is 1. The summed E-state index contributed by atoms with van der Waals surface area (Å²) in [5, 5.41) is 0. The summed E-state index contributed by atoms with van der Waals surface area (Å²) in [6.45, 7) is 0. The van der Waals surface area contributed by atoms with Gasteiger partial charge in [-0.25, -0.2) is 4.98 Å². The van der Waals surface area contributed by atoms with Crippen molar-refractivity contribution in [1.29, 1.82) is 0 Å². The van der Waals surface area contributed by atoms with E-state index in [1.165, 1.54) is 6.26 Å². The maximum Gasteiger partial charge on any atom is 0.264 e. The highest BCUT2D eigenvalue weighted by Crippen LogP contribution is 2.09. The summed E-state index contributed by atoms with van der Waals surface area (Å²) in [4.78, 5) is 14.3. The van der Waals surface area contributed by atoms with E-state index in [0.29, 0.717) is 17.6 Å². The van der Waals surface area contributed by atoms with Gasteiger partial charge < -0.3 is 9.21 Å². The van der Waals surface area contributed by atoms with Crippen LogP contribution < -0.4 is 0 Å². The first-order valence-electron chi connectivity index (χ1n) is 2.86. The first-order chi connectivity index (χ1) is 4.83. The Bertz CT molecular complexity index is 221. The van der Waals surface area contributed by atoms with E-state index in [0.717, 1.165) is 12.0 Å². The third-order valence-electron chi connectivity index (χ3n) is 1.04. The lowest BCUT2D eigenvalue weighted by atomic mass is 10.3. The van der Waals surface area contributed by atoms with Crippen LogP contribution in [0.2, 0.25) is 0 Å². The number of rotatable bonds is 3. The summed E-state index contributed by atoms with van der Waals surface area (Å²) >= 11 is 3.06. The van der Waals surface area contributed by atoms with E-state index in [-0.39, 0.29) is 0 Å². The van der Waals surface area contributed by atoms with Gasteiger partial charge in [0.25, 0.3) is 4.80 Å². The van der Waals surface area contributed by atoms with Crippen molar-refractivity contribution in [2.45, 2.75) is 12.8 Å². The minimum absolute atomic E-state index is 0.466. The second-order valence-electron chi connectivity index (χ2n) is 1.80. The van der Waals surface area contributed by atoms with Crippen LogP contribution in [-0.4, -0.2) is 11.3 Å². The van der Waals surface area contributed by atoms with Crippen molar-refractivity contribution >= 4 is 22.2 Å². The summed E-state index contributed by atoms with van der Waals surface area (Å²) in [5.41, 5.74) is 0.805. The molecular formula is C6H6BrNO2. The Morgan fingerprint density at radius 3 is 3.10 bits per heavy atom. The molecule has 0 saturated carbocycles. The van der Waals surface area contributed by atoms with Crippen LogP contribution in [0.25, 0.3) is 0 Å². The van der Waals surface area contributed by atoms with Gasteiger partial charge in [-0.05, 0) is 6.42 Å². The normalized spacial score (nSPS) is 9.70. The molecule has 10 heavy (non-hydrogen) atoms. The molecule has 0 unspecified atom stereocenters.